The van der Waals surface area contributed by atoms with Crippen molar-refractivity contribution in [1.82, 2.24) is 0 Å². The van der Waals surface area contributed by atoms with Crippen molar-refractivity contribution < 1.29 is 23.9 Å². The molecule has 1 aliphatic rings. The van der Waals surface area contributed by atoms with Crippen LogP contribution in [0.4, 0.5) is 0 Å². The predicted octanol–water partition coefficient (Wildman–Crippen LogP) is 0.628. The van der Waals surface area contributed by atoms with Crippen LogP contribution >= 0.6 is 0 Å². The molecule has 0 bridgehead atoms. The van der Waals surface area contributed by atoms with Crippen LogP contribution in [0.1, 0.15) is 20.3 Å². The number of hydrogen-bond acceptors (Lipinski definition) is 5. The zero-order valence-electron chi connectivity index (χ0n) is 9.32. The molecule has 0 saturated carbocycles. The van der Waals surface area contributed by atoms with Gasteiger partial charge in [-0.05, 0) is 13.8 Å². The predicted molar refractivity (Wildman–Crippen MR) is 54.5 cm³/mol. The summed E-state index contributed by atoms with van der Waals surface area (Å²) in [6, 6.07) is 0. The normalized spacial score (nSPS) is 19.2. The minimum Gasteiger partial charge on any atom is -0.498 e. The van der Waals surface area contributed by atoms with Crippen molar-refractivity contribution in [1.29, 1.82) is 0 Å². The Kier molecular flexibility index (Phi) is 4.22. The molecule has 88 valence electrons. The molecule has 1 unspecified atom stereocenters. The van der Waals surface area contributed by atoms with Crippen molar-refractivity contribution in [3.8, 4) is 0 Å². The molecule has 1 rings (SSSR count). The van der Waals surface area contributed by atoms with E-state index in [9.17, 15) is 14.4 Å². The number of esters is 1. The van der Waals surface area contributed by atoms with Crippen molar-refractivity contribution >= 4 is 17.5 Å². The van der Waals surface area contributed by atoms with E-state index in [1.165, 1.54) is 6.08 Å². The standard InChI is InChI=1S/C11H14O5/c1-3-15-7-5-8(9(12)6-7)10(13)11(14)16-4-2/h6,8H,3-5H2,1-2H3. The van der Waals surface area contributed by atoms with Crippen LogP contribution in [0.3, 0.4) is 0 Å². The van der Waals surface area contributed by atoms with Crippen molar-refractivity contribution in [3.05, 3.63) is 11.8 Å². The third-order valence-corrected chi connectivity index (χ3v) is 2.17. The molecular formula is C11H14O5. The van der Waals surface area contributed by atoms with Crippen LogP contribution in [-0.4, -0.2) is 30.7 Å². The largest absolute Gasteiger partial charge is 0.498 e. The Morgan fingerprint density at radius 3 is 2.62 bits per heavy atom. The van der Waals surface area contributed by atoms with Gasteiger partial charge in [-0.1, -0.05) is 0 Å². The smallest absolute Gasteiger partial charge is 0.375 e. The van der Waals surface area contributed by atoms with Gasteiger partial charge >= 0.3 is 5.97 Å². The molecule has 1 aliphatic carbocycles. The molecule has 16 heavy (non-hydrogen) atoms. The lowest BCUT2D eigenvalue weighted by Crippen LogP contribution is -2.28. The number of ether oxygens (including phenoxy) is 2. The molecule has 5 heteroatoms. The van der Waals surface area contributed by atoms with Crippen LogP contribution in [0.25, 0.3) is 0 Å². The molecule has 0 aromatic carbocycles. The Balaban J connectivity index is 2.61. The monoisotopic (exact) mass is 226 g/mol. The molecular weight excluding hydrogens is 212 g/mol. The van der Waals surface area contributed by atoms with Gasteiger partial charge in [0, 0.05) is 12.5 Å². The SMILES string of the molecule is CCOC(=O)C(=O)C1CC(OCC)=CC1=O. The highest BCUT2D eigenvalue weighted by Gasteiger charge is 2.36. The Morgan fingerprint density at radius 2 is 2.06 bits per heavy atom. The molecule has 5 nitrogen and oxygen atoms in total. The average Bonchev–Trinajstić information content (AvgIpc) is 2.59. The number of carbonyl (C=O) groups excluding carboxylic acids is 3. The highest BCUT2D eigenvalue weighted by molar-refractivity contribution is 6.39. The lowest BCUT2D eigenvalue weighted by molar-refractivity contribution is -0.156. The van der Waals surface area contributed by atoms with E-state index in [2.05, 4.69) is 4.74 Å². The summed E-state index contributed by atoms with van der Waals surface area (Å²) in [7, 11) is 0. The fourth-order valence-electron chi connectivity index (χ4n) is 1.47. The highest BCUT2D eigenvalue weighted by atomic mass is 16.5. The van der Waals surface area contributed by atoms with Crippen LogP contribution in [0.15, 0.2) is 11.8 Å². The molecule has 0 aromatic heterocycles. The van der Waals surface area contributed by atoms with Crippen LogP contribution in [0, 0.1) is 5.92 Å². The number of ketones is 2. The number of allylic oxidation sites excluding steroid dienone is 2. The Bertz CT molecular complexity index is 342. The van der Waals surface area contributed by atoms with Gasteiger partial charge in [0.2, 0.25) is 0 Å². The number of carbonyl (C=O) groups is 3. The summed E-state index contributed by atoms with van der Waals surface area (Å²) in [4.78, 5) is 34.1. The molecule has 1 atom stereocenters. The summed E-state index contributed by atoms with van der Waals surface area (Å²) >= 11 is 0. The number of hydrogen-bond donors (Lipinski definition) is 0. The third-order valence-electron chi connectivity index (χ3n) is 2.17. The number of Topliss-reactive ketones (excluding diaryl/α,β-unsaturated/α-hetero) is 1. The molecule has 0 N–H and O–H groups in total. The minimum atomic E-state index is -0.958. The van der Waals surface area contributed by atoms with Gasteiger partial charge in [0.05, 0.1) is 19.1 Å². The quantitative estimate of drug-likeness (QED) is 0.390. The zero-order chi connectivity index (χ0) is 12.1. The first-order valence-electron chi connectivity index (χ1n) is 5.18. The van der Waals surface area contributed by atoms with Gasteiger partial charge in [0.15, 0.2) is 5.78 Å². The zero-order valence-corrected chi connectivity index (χ0v) is 9.32. The van der Waals surface area contributed by atoms with Gasteiger partial charge in [0.25, 0.3) is 5.78 Å². The van der Waals surface area contributed by atoms with Gasteiger partial charge in [-0.25, -0.2) is 4.79 Å². The number of rotatable bonds is 5. The summed E-state index contributed by atoms with van der Waals surface area (Å²) in [6.07, 6.45) is 1.43. The van der Waals surface area contributed by atoms with Gasteiger partial charge in [-0.15, -0.1) is 0 Å². The molecule has 0 heterocycles. The molecule has 0 spiro atoms. The third kappa shape index (κ3) is 2.68. The second kappa shape index (κ2) is 5.44. The molecule has 0 aromatic rings. The Hall–Kier alpha value is -1.65. The van der Waals surface area contributed by atoms with E-state index in [0.717, 1.165) is 0 Å². The van der Waals surface area contributed by atoms with Crippen molar-refractivity contribution in [3.63, 3.8) is 0 Å². The van der Waals surface area contributed by atoms with E-state index in [1.807, 2.05) is 0 Å². The van der Waals surface area contributed by atoms with Gasteiger partial charge in [-0.2, -0.15) is 0 Å². The molecule has 0 amide bonds. The maximum atomic E-state index is 11.5. The molecule has 0 fully saturated rings. The van der Waals surface area contributed by atoms with Crippen LogP contribution < -0.4 is 0 Å². The lowest BCUT2D eigenvalue weighted by Gasteiger charge is -2.07. The highest BCUT2D eigenvalue weighted by Crippen LogP contribution is 2.23. The van der Waals surface area contributed by atoms with Crippen LogP contribution in [-0.2, 0) is 23.9 Å². The van der Waals surface area contributed by atoms with Crippen LogP contribution in [0.5, 0.6) is 0 Å². The van der Waals surface area contributed by atoms with Gasteiger partial charge in [-0.3, -0.25) is 9.59 Å². The van der Waals surface area contributed by atoms with E-state index in [4.69, 9.17) is 4.74 Å². The second-order valence-corrected chi connectivity index (χ2v) is 3.29. The van der Waals surface area contributed by atoms with E-state index < -0.39 is 17.7 Å². The topological polar surface area (TPSA) is 69.7 Å². The Morgan fingerprint density at radius 1 is 1.38 bits per heavy atom. The summed E-state index contributed by atoms with van der Waals surface area (Å²) < 4.78 is 9.68. The fourth-order valence-corrected chi connectivity index (χ4v) is 1.47. The molecule has 0 radical (unpaired) electrons. The molecule has 0 aliphatic heterocycles. The lowest BCUT2D eigenvalue weighted by atomic mass is 10.0. The first kappa shape index (κ1) is 12.4. The van der Waals surface area contributed by atoms with E-state index in [0.29, 0.717) is 12.4 Å². The van der Waals surface area contributed by atoms with E-state index in [1.54, 1.807) is 13.8 Å². The van der Waals surface area contributed by atoms with Crippen molar-refractivity contribution in [2.24, 2.45) is 5.92 Å². The van der Waals surface area contributed by atoms with Crippen molar-refractivity contribution in [2.75, 3.05) is 13.2 Å². The first-order valence-corrected chi connectivity index (χ1v) is 5.18. The van der Waals surface area contributed by atoms with Gasteiger partial charge < -0.3 is 9.47 Å². The average molecular weight is 226 g/mol. The van der Waals surface area contributed by atoms with Crippen LogP contribution in [0.2, 0.25) is 0 Å². The summed E-state index contributed by atoms with van der Waals surface area (Å²) in [5.74, 6) is -2.64. The van der Waals surface area contributed by atoms with E-state index in [-0.39, 0.29) is 18.8 Å². The first-order chi connectivity index (χ1) is 7.60. The maximum Gasteiger partial charge on any atom is 0.375 e. The molecule has 0 saturated heterocycles. The van der Waals surface area contributed by atoms with Gasteiger partial charge in [0.1, 0.15) is 5.76 Å². The minimum absolute atomic E-state index is 0.122. The second-order valence-electron chi connectivity index (χ2n) is 3.29. The maximum absolute atomic E-state index is 11.5. The van der Waals surface area contributed by atoms with Crippen molar-refractivity contribution in [2.45, 2.75) is 20.3 Å². The summed E-state index contributed by atoms with van der Waals surface area (Å²) in [6.45, 7) is 3.94. The van der Waals surface area contributed by atoms with E-state index >= 15 is 0 Å². The summed E-state index contributed by atoms with van der Waals surface area (Å²) in [5.41, 5.74) is 0. The fraction of sp³-hybridized carbons (Fsp3) is 0.545. The Labute approximate surface area is 93.4 Å². The summed E-state index contributed by atoms with van der Waals surface area (Å²) in [5, 5.41) is 0.